The molecule has 2 aliphatic carbocycles. The number of hydrogen-bond donors (Lipinski definition) is 1. The highest BCUT2D eigenvalue weighted by Crippen LogP contribution is 2.44. The number of rotatable bonds is 2. The van der Waals surface area contributed by atoms with Crippen LogP contribution in [0.25, 0.3) is 0 Å². The van der Waals surface area contributed by atoms with E-state index in [9.17, 15) is 19.5 Å². The van der Waals surface area contributed by atoms with Gasteiger partial charge in [-0.05, 0) is 40.5 Å². The lowest BCUT2D eigenvalue weighted by molar-refractivity contribution is -0.145. The van der Waals surface area contributed by atoms with Crippen molar-refractivity contribution >= 4 is 17.3 Å². The van der Waals surface area contributed by atoms with Gasteiger partial charge in [-0.2, -0.15) is 0 Å². The van der Waals surface area contributed by atoms with Crippen LogP contribution < -0.4 is 0 Å². The number of ketones is 3. The van der Waals surface area contributed by atoms with Crippen LogP contribution in [0.3, 0.4) is 0 Å². The summed E-state index contributed by atoms with van der Waals surface area (Å²) in [7, 11) is 0. The molecular formula is C17H24O4. The number of carbonyl (C=O) groups excluding carboxylic acids is 3. The van der Waals surface area contributed by atoms with Crippen molar-refractivity contribution in [2.75, 3.05) is 0 Å². The molecule has 0 unspecified atom stereocenters. The first-order valence-corrected chi connectivity index (χ1v) is 7.69. The first kappa shape index (κ1) is 15.9. The van der Waals surface area contributed by atoms with Gasteiger partial charge in [-0.1, -0.05) is 19.3 Å². The highest BCUT2D eigenvalue weighted by atomic mass is 16.3. The van der Waals surface area contributed by atoms with Gasteiger partial charge >= 0.3 is 0 Å². The monoisotopic (exact) mass is 292 g/mol. The molecule has 0 aromatic rings. The van der Waals surface area contributed by atoms with Gasteiger partial charge in [0.05, 0.1) is 10.8 Å². The van der Waals surface area contributed by atoms with Crippen LogP contribution in [-0.4, -0.2) is 22.5 Å². The first-order valence-electron chi connectivity index (χ1n) is 7.69. The van der Waals surface area contributed by atoms with Gasteiger partial charge in [0.2, 0.25) is 0 Å². The van der Waals surface area contributed by atoms with E-state index in [0.29, 0.717) is 0 Å². The maximum atomic E-state index is 12.7. The smallest absolute Gasteiger partial charge is 0.182 e. The molecule has 116 valence electrons. The Kier molecular flexibility index (Phi) is 3.85. The van der Waals surface area contributed by atoms with E-state index in [-0.39, 0.29) is 28.8 Å². The van der Waals surface area contributed by atoms with E-state index >= 15 is 0 Å². The van der Waals surface area contributed by atoms with Gasteiger partial charge in [-0.15, -0.1) is 0 Å². The molecule has 0 heterocycles. The Morgan fingerprint density at radius 3 is 2.05 bits per heavy atom. The minimum absolute atomic E-state index is 0.128. The molecule has 0 saturated heterocycles. The molecule has 0 radical (unpaired) electrons. The Hall–Kier alpha value is -1.45. The molecule has 1 N–H and O–H groups in total. The number of aliphatic hydroxyl groups excluding tert-OH is 1. The lowest BCUT2D eigenvalue weighted by Gasteiger charge is -2.38. The second kappa shape index (κ2) is 5.08. The van der Waals surface area contributed by atoms with Gasteiger partial charge in [0.25, 0.3) is 0 Å². The second-order valence-electron chi connectivity index (χ2n) is 7.33. The third-order valence-corrected chi connectivity index (χ3v) is 4.98. The van der Waals surface area contributed by atoms with E-state index in [2.05, 4.69) is 0 Å². The van der Waals surface area contributed by atoms with Crippen LogP contribution >= 0.6 is 0 Å². The molecule has 4 heteroatoms. The molecule has 0 bridgehead atoms. The minimum atomic E-state index is -1.25. The van der Waals surface area contributed by atoms with E-state index in [1.54, 1.807) is 27.7 Å². The van der Waals surface area contributed by atoms with Crippen LogP contribution in [0.4, 0.5) is 0 Å². The lowest BCUT2D eigenvalue weighted by Crippen LogP contribution is -2.50. The summed E-state index contributed by atoms with van der Waals surface area (Å²) >= 11 is 0. The third-order valence-electron chi connectivity index (χ3n) is 4.98. The fourth-order valence-electron chi connectivity index (χ4n) is 3.52. The number of carbonyl (C=O) groups is 3. The molecule has 1 saturated carbocycles. The van der Waals surface area contributed by atoms with Crippen molar-refractivity contribution in [3.05, 3.63) is 11.3 Å². The van der Waals surface area contributed by atoms with Crippen LogP contribution in [-0.2, 0) is 14.4 Å². The average molecular weight is 292 g/mol. The molecule has 0 aliphatic heterocycles. The molecule has 0 amide bonds. The number of aliphatic hydroxyl groups is 1. The lowest BCUT2D eigenvalue weighted by atomic mass is 9.62. The van der Waals surface area contributed by atoms with Gasteiger partial charge in [0.1, 0.15) is 11.3 Å². The zero-order valence-electron chi connectivity index (χ0n) is 13.3. The Labute approximate surface area is 125 Å². The van der Waals surface area contributed by atoms with Gasteiger partial charge in [0, 0.05) is 5.92 Å². The van der Waals surface area contributed by atoms with Crippen LogP contribution in [0.2, 0.25) is 0 Å². The van der Waals surface area contributed by atoms with Crippen LogP contribution in [0.5, 0.6) is 0 Å². The van der Waals surface area contributed by atoms with Crippen molar-refractivity contribution in [1.29, 1.82) is 0 Å². The van der Waals surface area contributed by atoms with Crippen LogP contribution in [0, 0.1) is 16.7 Å². The Balaban J connectivity index is 2.49. The molecule has 4 nitrogen and oxygen atoms in total. The number of Topliss-reactive ketones (excluding diaryl/α,β-unsaturated/α-hetero) is 3. The zero-order chi connectivity index (χ0) is 16.0. The van der Waals surface area contributed by atoms with Gasteiger partial charge < -0.3 is 5.11 Å². The summed E-state index contributed by atoms with van der Waals surface area (Å²) < 4.78 is 0. The average Bonchev–Trinajstić information content (AvgIpc) is 2.45. The highest BCUT2D eigenvalue weighted by molar-refractivity contribution is 6.30. The van der Waals surface area contributed by atoms with E-state index in [1.165, 1.54) is 0 Å². The van der Waals surface area contributed by atoms with Crippen LogP contribution in [0.1, 0.15) is 59.8 Å². The fourth-order valence-corrected chi connectivity index (χ4v) is 3.52. The van der Waals surface area contributed by atoms with E-state index in [1.807, 2.05) is 0 Å². The third kappa shape index (κ3) is 2.34. The molecule has 0 atom stereocenters. The summed E-state index contributed by atoms with van der Waals surface area (Å²) in [5.41, 5.74) is -2.57. The summed E-state index contributed by atoms with van der Waals surface area (Å²) in [6, 6.07) is 0. The Morgan fingerprint density at radius 2 is 1.52 bits per heavy atom. The molecule has 21 heavy (non-hydrogen) atoms. The summed E-state index contributed by atoms with van der Waals surface area (Å²) in [6.45, 7) is 6.24. The molecule has 0 aromatic heterocycles. The molecule has 0 aromatic carbocycles. The second-order valence-corrected chi connectivity index (χ2v) is 7.33. The largest absolute Gasteiger partial charge is 0.510 e. The van der Waals surface area contributed by atoms with Gasteiger partial charge in [-0.3, -0.25) is 14.4 Å². The molecule has 1 fully saturated rings. The summed E-state index contributed by atoms with van der Waals surface area (Å²) in [4.78, 5) is 37.7. The summed E-state index contributed by atoms with van der Waals surface area (Å²) in [5, 5.41) is 10.4. The first-order chi connectivity index (χ1) is 9.61. The quantitative estimate of drug-likeness (QED) is 0.627. The van der Waals surface area contributed by atoms with E-state index in [0.717, 1.165) is 32.1 Å². The van der Waals surface area contributed by atoms with Gasteiger partial charge in [0.15, 0.2) is 17.3 Å². The van der Waals surface area contributed by atoms with Crippen molar-refractivity contribution in [1.82, 2.24) is 0 Å². The predicted molar refractivity (Wildman–Crippen MR) is 78.8 cm³/mol. The minimum Gasteiger partial charge on any atom is -0.510 e. The molecule has 2 rings (SSSR count). The van der Waals surface area contributed by atoms with E-state index < -0.39 is 16.6 Å². The maximum Gasteiger partial charge on any atom is 0.182 e. The molecular weight excluding hydrogens is 268 g/mol. The number of allylic oxidation sites excluding steroid dienone is 2. The van der Waals surface area contributed by atoms with Crippen molar-refractivity contribution in [2.24, 2.45) is 16.7 Å². The normalized spacial score (nSPS) is 26.1. The van der Waals surface area contributed by atoms with Gasteiger partial charge in [-0.25, -0.2) is 0 Å². The van der Waals surface area contributed by atoms with Crippen LogP contribution in [0.15, 0.2) is 11.3 Å². The molecule has 0 spiro atoms. The van der Waals surface area contributed by atoms with Crippen molar-refractivity contribution in [3.63, 3.8) is 0 Å². The standard InChI is InChI=1S/C17H24O4/c1-16(2)13(19)11(14(20)17(3,4)15(16)21)12(18)10-8-6-5-7-9-10/h10,19H,5-9H2,1-4H3. The van der Waals surface area contributed by atoms with Crippen molar-refractivity contribution in [2.45, 2.75) is 59.8 Å². The summed E-state index contributed by atoms with van der Waals surface area (Å²) in [5.74, 6) is -1.67. The maximum absolute atomic E-state index is 12.7. The topological polar surface area (TPSA) is 71.4 Å². The van der Waals surface area contributed by atoms with Crippen molar-refractivity contribution in [3.8, 4) is 0 Å². The predicted octanol–water partition coefficient (Wildman–Crippen LogP) is 3.15. The molecule has 2 aliphatic rings. The Morgan fingerprint density at radius 1 is 1.00 bits per heavy atom. The SMILES string of the molecule is CC1(C)C(=O)C(C(=O)C2CCCCC2)=C(O)C(C)(C)C1=O. The van der Waals surface area contributed by atoms with Crippen molar-refractivity contribution < 1.29 is 19.5 Å². The van der Waals surface area contributed by atoms with E-state index in [4.69, 9.17) is 0 Å². The zero-order valence-corrected chi connectivity index (χ0v) is 13.3. The number of hydrogen-bond acceptors (Lipinski definition) is 4. The Bertz CT molecular complexity index is 531. The fraction of sp³-hybridized carbons (Fsp3) is 0.706. The highest BCUT2D eigenvalue weighted by Gasteiger charge is 2.55. The summed E-state index contributed by atoms with van der Waals surface area (Å²) in [6.07, 6.45) is 4.59.